The molecule has 1 spiro atoms. The van der Waals surface area contributed by atoms with Gasteiger partial charge < -0.3 is 10.1 Å². The molecular weight excluding hydrogens is 398 g/mol. The molecule has 2 aliphatic rings. The molecule has 1 amide bonds. The normalized spacial score (nSPS) is 24.4. The van der Waals surface area contributed by atoms with Gasteiger partial charge >= 0.3 is 0 Å². The number of hydrogen-bond acceptors (Lipinski definition) is 4. The summed E-state index contributed by atoms with van der Waals surface area (Å²) in [6.45, 7) is 0. The number of nitriles is 1. The molecule has 0 bridgehead atoms. The number of hydrogen-bond donors (Lipinski definition) is 1. The predicted octanol–water partition coefficient (Wildman–Crippen LogP) is 5.50. The Hall–Kier alpha value is -3.78. The Balaban J connectivity index is 1.60. The Labute approximate surface area is 188 Å². The van der Waals surface area contributed by atoms with E-state index in [1.807, 2.05) is 83.8 Å². The molecule has 3 aromatic rings. The lowest BCUT2D eigenvalue weighted by Crippen LogP contribution is -2.63. The second kappa shape index (κ2) is 7.72. The molecule has 3 aromatic carbocycles. The topological polar surface area (TPSA) is 65.4 Å². The maximum absolute atomic E-state index is 13.8. The minimum Gasteiger partial charge on any atom is -0.495 e. The van der Waals surface area contributed by atoms with Crippen LogP contribution in [0.1, 0.15) is 41.6 Å². The van der Waals surface area contributed by atoms with Crippen molar-refractivity contribution < 1.29 is 9.53 Å². The Morgan fingerprint density at radius 2 is 1.56 bits per heavy atom. The molecule has 0 radical (unpaired) electrons. The number of fused-ring (bicyclic) bond motifs is 1. The van der Waals surface area contributed by atoms with Gasteiger partial charge in [-0.15, -0.1) is 0 Å². The molecule has 0 saturated heterocycles. The van der Waals surface area contributed by atoms with Gasteiger partial charge in [0.05, 0.1) is 29.8 Å². The second-order valence-corrected chi connectivity index (χ2v) is 8.57. The number of nitrogens with zero attached hydrogens (tertiary/aromatic N) is 2. The number of carbonyl (C=O) groups is 1. The molecule has 1 N–H and O–H groups in total. The van der Waals surface area contributed by atoms with Gasteiger partial charge in [-0.3, -0.25) is 9.69 Å². The van der Waals surface area contributed by atoms with E-state index >= 15 is 0 Å². The summed E-state index contributed by atoms with van der Waals surface area (Å²) in [5.41, 5.74) is 2.09. The smallest absolute Gasteiger partial charge is 0.262 e. The molecule has 160 valence electrons. The number of carbonyl (C=O) groups excluding carboxylic acids is 1. The van der Waals surface area contributed by atoms with Gasteiger partial charge in [-0.25, -0.2) is 0 Å². The number of methoxy groups -OCH3 is 1. The summed E-state index contributed by atoms with van der Waals surface area (Å²) in [6, 6.07) is 27.9. The highest BCUT2D eigenvalue weighted by Crippen LogP contribution is 2.50. The molecule has 32 heavy (non-hydrogen) atoms. The highest BCUT2D eigenvalue weighted by atomic mass is 16.5. The number of para-hydroxylation sites is 3. The molecule has 0 aromatic heterocycles. The van der Waals surface area contributed by atoms with Crippen LogP contribution in [0.15, 0.2) is 78.9 Å². The van der Waals surface area contributed by atoms with Crippen molar-refractivity contribution in [1.29, 1.82) is 5.26 Å². The Morgan fingerprint density at radius 1 is 0.906 bits per heavy atom. The van der Waals surface area contributed by atoms with Gasteiger partial charge in [0.1, 0.15) is 11.4 Å². The first-order chi connectivity index (χ1) is 15.6. The number of rotatable bonds is 3. The highest BCUT2D eigenvalue weighted by Gasteiger charge is 2.52. The quantitative estimate of drug-likeness (QED) is 0.604. The van der Waals surface area contributed by atoms with E-state index in [0.717, 1.165) is 16.9 Å². The molecular formula is C27H25N3O2. The van der Waals surface area contributed by atoms with E-state index in [1.165, 1.54) is 0 Å². The number of benzene rings is 3. The highest BCUT2D eigenvalue weighted by molar-refractivity contribution is 6.13. The first kappa shape index (κ1) is 20.1. The van der Waals surface area contributed by atoms with Crippen LogP contribution in [-0.2, 0) is 5.41 Å². The third-order valence-electron chi connectivity index (χ3n) is 6.95. The van der Waals surface area contributed by atoms with Crippen LogP contribution in [0.25, 0.3) is 0 Å². The molecule has 0 atom stereocenters. The Morgan fingerprint density at radius 3 is 2.28 bits per heavy atom. The first-order valence-electron chi connectivity index (χ1n) is 10.9. The van der Waals surface area contributed by atoms with E-state index in [9.17, 15) is 10.1 Å². The lowest BCUT2D eigenvalue weighted by atomic mass is 9.66. The minimum atomic E-state index is -0.630. The van der Waals surface area contributed by atoms with Crippen LogP contribution in [-0.4, -0.2) is 18.7 Å². The van der Waals surface area contributed by atoms with Gasteiger partial charge in [-0.2, -0.15) is 5.26 Å². The van der Waals surface area contributed by atoms with Crippen molar-refractivity contribution in [2.24, 2.45) is 0 Å². The Kier molecular flexibility index (Phi) is 4.86. The van der Waals surface area contributed by atoms with E-state index in [4.69, 9.17) is 4.74 Å². The number of anilines is 2. The van der Waals surface area contributed by atoms with E-state index in [0.29, 0.717) is 37.0 Å². The van der Waals surface area contributed by atoms with Gasteiger partial charge in [0, 0.05) is 5.69 Å². The van der Waals surface area contributed by atoms with Crippen molar-refractivity contribution in [3.63, 3.8) is 0 Å². The maximum Gasteiger partial charge on any atom is 0.262 e. The van der Waals surface area contributed by atoms with Gasteiger partial charge in [-0.1, -0.05) is 54.6 Å². The third-order valence-corrected chi connectivity index (χ3v) is 6.95. The van der Waals surface area contributed by atoms with E-state index in [2.05, 4.69) is 11.4 Å². The molecule has 0 unspecified atom stereocenters. The Bertz CT molecular complexity index is 1190. The summed E-state index contributed by atoms with van der Waals surface area (Å²) >= 11 is 0. The maximum atomic E-state index is 13.8. The summed E-state index contributed by atoms with van der Waals surface area (Å²) in [5, 5.41) is 13.9. The van der Waals surface area contributed by atoms with Crippen LogP contribution in [0.3, 0.4) is 0 Å². The average molecular weight is 424 g/mol. The van der Waals surface area contributed by atoms with Gasteiger partial charge in [0.2, 0.25) is 0 Å². The molecule has 5 heteroatoms. The summed E-state index contributed by atoms with van der Waals surface area (Å²) in [6.07, 6.45) is 2.60. The van der Waals surface area contributed by atoms with E-state index in [-0.39, 0.29) is 5.91 Å². The van der Waals surface area contributed by atoms with Gasteiger partial charge in [-0.05, 0) is 55.5 Å². The van der Waals surface area contributed by atoms with Crippen LogP contribution in [0.4, 0.5) is 11.4 Å². The monoisotopic (exact) mass is 423 g/mol. The molecule has 5 nitrogen and oxygen atoms in total. The molecule has 1 aliphatic carbocycles. The molecule has 1 saturated carbocycles. The lowest BCUT2D eigenvalue weighted by molar-refractivity contribution is 0.0927. The van der Waals surface area contributed by atoms with Crippen LogP contribution in [0.5, 0.6) is 5.75 Å². The van der Waals surface area contributed by atoms with Crippen molar-refractivity contribution in [3.05, 3.63) is 90.0 Å². The standard InChI is InChI=1S/C27H25N3O2/c1-32-24-14-8-7-13-23(24)30-25(31)21-11-5-6-12-22(21)29-27(30)17-15-26(19-28,16-18-27)20-9-3-2-4-10-20/h2-14,29H,15-18H2,1H3. The zero-order valence-corrected chi connectivity index (χ0v) is 18.0. The van der Waals surface area contributed by atoms with E-state index in [1.54, 1.807) is 7.11 Å². The summed E-state index contributed by atoms with van der Waals surface area (Å²) < 4.78 is 5.63. The zero-order valence-electron chi connectivity index (χ0n) is 18.0. The molecule has 1 heterocycles. The van der Waals surface area contributed by atoms with Crippen LogP contribution < -0.4 is 15.0 Å². The fourth-order valence-electron chi connectivity index (χ4n) is 5.22. The molecule has 1 aliphatic heterocycles. The fourth-order valence-corrected chi connectivity index (χ4v) is 5.22. The van der Waals surface area contributed by atoms with Gasteiger partial charge in [0.15, 0.2) is 0 Å². The molecule has 5 rings (SSSR count). The van der Waals surface area contributed by atoms with Crippen LogP contribution in [0, 0.1) is 11.3 Å². The van der Waals surface area contributed by atoms with Crippen molar-refractivity contribution in [2.45, 2.75) is 36.8 Å². The average Bonchev–Trinajstić information content (AvgIpc) is 2.86. The van der Waals surface area contributed by atoms with Crippen LogP contribution >= 0.6 is 0 Å². The zero-order chi connectivity index (χ0) is 22.2. The van der Waals surface area contributed by atoms with Crippen molar-refractivity contribution in [2.75, 3.05) is 17.3 Å². The SMILES string of the molecule is COc1ccccc1N1C(=O)c2ccccc2NC12CCC(C#N)(c1ccccc1)CC2. The van der Waals surface area contributed by atoms with Crippen molar-refractivity contribution in [1.82, 2.24) is 0 Å². The summed E-state index contributed by atoms with van der Waals surface area (Å²) in [7, 11) is 1.62. The predicted molar refractivity (Wildman–Crippen MR) is 125 cm³/mol. The largest absolute Gasteiger partial charge is 0.495 e. The fraction of sp³-hybridized carbons (Fsp3) is 0.259. The van der Waals surface area contributed by atoms with Crippen molar-refractivity contribution in [3.8, 4) is 11.8 Å². The number of ether oxygens (including phenoxy) is 1. The minimum absolute atomic E-state index is 0.0481. The van der Waals surface area contributed by atoms with Crippen molar-refractivity contribution >= 4 is 17.3 Å². The van der Waals surface area contributed by atoms with E-state index < -0.39 is 11.1 Å². The van der Waals surface area contributed by atoms with Crippen LogP contribution in [0.2, 0.25) is 0 Å². The third kappa shape index (κ3) is 3.03. The summed E-state index contributed by atoms with van der Waals surface area (Å²) in [4.78, 5) is 15.7. The second-order valence-electron chi connectivity index (χ2n) is 8.57. The molecule has 1 fully saturated rings. The lowest BCUT2D eigenvalue weighted by Gasteiger charge is -2.53. The first-order valence-corrected chi connectivity index (χ1v) is 10.9. The van der Waals surface area contributed by atoms with Gasteiger partial charge in [0.25, 0.3) is 5.91 Å². The number of amides is 1. The summed E-state index contributed by atoms with van der Waals surface area (Å²) in [5.74, 6) is 0.606. The number of nitrogens with one attached hydrogen (secondary N) is 1.